The van der Waals surface area contributed by atoms with E-state index in [-0.39, 0.29) is 27.1 Å². The predicted octanol–water partition coefficient (Wildman–Crippen LogP) is 3.56. The van der Waals surface area contributed by atoms with E-state index < -0.39 is 16.0 Å². The molecule has 0 saturated carbocycles. The number of carboxylic acids is 1. The predicted molar refractivity (Wildman–Crippen MR) is 103 cm³/mol. The van der Waals surface area contributed by atoms with E-state index in [0.717, 1.165) is 11.6 Å². The van der Waals surface area contributed by atoms with E-state index in [9.17, 15) is 13.2 Å². The Hall–Kier alpha value is -2.71. The third kappa shape index (κ3) is 4.93. The largest absolute Gasteiger partial charge is 0.493 e. The molecule has 0 aliphatic rings. The summed E-state index contributed by atoms with van der Waals surface area (Å²) in [6.07, 6.45) is 2.14. The van der Waals surface area contributed by atoms with Crippen molar-refractivity contribution in [3.05, 3.63) is 52.6 Å². The lowest BCUT2D eigenvalue weighted by Gasteiger charge is -2.16. The first-order chi connectivity index (χ1) is 12.7. The van der Waals surface area contributed by atoms with Gasteiger partial charge in [0.05, 0.1) is 24.9 Å². The SMILES string of the molecule is COc1cc(/C=C/C(=O)O)cc(S(=O)(=O)Nc2ccc(C)cc2Cl)c1OC. The summed E-state index contributed by atoms with van der Waals surface area (Å²) in [7, 11) is -1.45. The summed E-state index contributed by atoms with van der Waals surface area (Å²) in [6, 6.07) is 7.64. The molecule has 0 heterocycles. The first-order valence-corrected chi connectivity index (χ1v) is 9.50. The van der Waals surface area contributed by atoms with Crippen LogP contribution in [0.2, 0.25) is 5.02 Å². The van der Waals surface area contributed by atoms with Crippen LogP contribution in [0.5, 0.6) is 11.5 Å². The topological polar surface area (TPSA) is 102 Å². The smallest absolute Gasteiger partial charge is 0.328 e. The Kier molecular flexibility index (Phi) is 6.35. The van der Waals surface area contributed by atoms with Crippen LogP contribution in [0, 0.1) is 6.92 Å². The number of sulfonamides is 1. The van der Waals surface area contributed by atoms with Gasteiger partial charge in [0.2, 0.25) is 0 Å². The molecular weight excluding hydrogens is 394 g/mol. The lowest BCUT2D eigenvalue weighted by Crippen LogP contribution is -2.15. The zero-order valence-corrected chi connectivity index (χ0v) is 16.4. The molecule has 2 aromatic rings. The van der Waals surface area contributed by atoms with Gasteiger partial charge in [-0.15, -0.1) is 0 Å². The number of halogens is 1. The Bertz CT molecular complexity index is 1000. The fourth-order valence-electron chi connectivity index (χ4n) is 2.32. The van der Waals surface area contributed by atoms with Crippen LogP contribution < -0.4 is 14.2 Å². The lowest BCUT2D eigenvalue weighted by molar-refractivity contribution is -0.131. The molecule has 2 N–H and O–H groups in total. The molecule has 0 fully saturated rings. The van der Waals surface area contributed by atoms with Crippen molar-refractivity contribution in [1.82, 2.24) is 0 Å². The van der Waals surface area contributed by atoms with Crippen LogP contribution in [-0.4, -0.2) is 33.7 Å². The second-order valence-electron chi connectivity index (χ2n) is 5.51. The van der Waals surface area contributed by atoms with E-state index >= 15 is 0 Å². The van der Waals surface area contributed by atoms with E-state index in [4.69, 9.17) is 26.2 Å². The second-order valence-corrected chi connectivity index (χ2v) is 7.57. The van der Waals surface area contributed by atoms with Crippen LogP contribution in [0.25, 0.3) is 6.08 Å². The standard InChI is InChI=1S/C18H18ClNO6S/c1-11-4-6-14(13(19)8-11)20-27(23,24)16-10-12(5-7-17(21)22)9-15(25-2)18(16)26-3/h4-10,20H,1-3H3,(H,21,22)/b7-5+. The molecule has 0 unspecified atom stereocenters. The Labute approximate surface area is 162 Å². The Morgan fingerprint density at radius 3 is 2.44 bits per heavy atom. The van der Waals surface area contributed by atoms with Gasteiger partial charge in [-0.05, 0) is 48.4 Å². The summed E-state index contributed by atoms with van der Waals surface area (Å²) in [5.74, 6) is -1.04. The van der Waals surface area contributed by atoms with Crippen molar-refractivity contribution in [3.63, 3.8) is 0 Å². The van der Waals surface area contributed by atoms with E-state index in [2.05, 4.69) is 4.72 Å². The van der Waals surface area contributed by atoms with Gasteiger partial charge in [-0.1, -0.05) is 17.7 Å². The van der Waals surface area contributed by atoms with Crippen molar-refractivity contribution >= 4 is 39.4 Å². The van der Waals surface area contributed by atoms with Crippen molar-refractivity contribution in [2.45, 2.75) is 11.8 Å². The van der Waals surface area contributed by atoms with Crippen LogP contribution in [0.4, 0.5) is 5.69 Å². The summed E-state index contributed by atoms with van der Waals surface area (Å²) < 4.78 is 38.7. The first kappa shape index (κ1) is 20.6. The summed E-state index contributed by atoms with van der Waals surface area (Å²) in [5, 5.41) is 9.03. The van der Waals surface area contributed by atoms with Gasteiger partial charge < -0.3 is 14.6 Å². The molecule has 7 nitrogen and oxygen atoms in total. The monoisotopic (exact) mass is 411 g/mol. The number of anilines is 1. The van der Waals surface area contributed by atoms with Crippen LogP contribution in [0.1, 0.15) is 11.1 Å². The quantitative estimate of drug-likeness (QED) is 0.675. The Morgan fingerprint density at radius 1 is 1.19 bits per heavy atom. The molecule has 9 heteroatoms. The minimum absolute atomic E-state index is 0.0132. The number of aryl methyl sites for hydroxylation is 1. The zero-order chi connectivity index (χ0) is 20.2. The zero-order valence-electron chi connectivity index (χ0n) is 14.8. The van der Waals surface area contributed by atoms with Crippen molar-refractivity contribution in [2.24, 2.45) is 0 Å². The minimum atomic E-state index is -4.11. The van der Waals surface area contributed by atoms with E-state index in [1.54, 1.807) is 18.2 Å². The van der Waals surface area contributed by atoms with Crippen molar-refractivity contribution in [1.29, 1.82) is 0 Å². The number of benzene rings is 2. The summed E-state index contributed by atoms with van der Waals surface area (Å²) in [4.78, 5) is 10.5. The molecule has 0 amide bonds. The molecule has 2 rings (SSSR count). The van der Waals surface area contributed by atoms with Gasteiger partial charge in [0, 0.05) is 6.08 Å². The molecule has 0 aromatic heterocycles. The first-order valence-electron chi connectivity index (χ1n) is 7.64. The van der Waals surface area contributed by atoms with E-state index in [1.807, 2.05) is 6.92 Å². The number of rotatable bonds is 7. The number of aliphatic carboxylic acids is 1. The summed E-state index contributed by atoms with van der Waals surface area (Å²) in [5.41, 5.74) is 1.39. The summed E-state index contributed by atoms with van der Waals surface area (Å²) >= 11 is 6.11. The number of hydrogen-bond donors (Lipinski definition) is 2. The Balaban J connectivity index is 2.59. The summed E-state index contributed by atoms with van der Waals surface area (Å²) in [6.45, 7) is 1.83. The highest BCUT2D eigenvalue weighted by Gasteiger charge is 2.24. The van der Waals surface area contributed by atoms with Gasteiger partial charge in [0.15, 0.2) is 11.5 Å². The number of nitrogens with one attached hydrogen (secondary N) is 1. The van der Waals surface area contributed by atoms with E-state index in [1.165, 1.54) is 32.4 Å². The highest BCUT2D eigenvalue weighted by Crippen LogP contribution is 2.37. The van der Waals surface area contributed by atoms with Crippen LogP contribution >= 0.6 is 11.6 Å². The number of carbonyl (C=O) groups is 1. The molecule has 144 valence electrons. The fraction of sp³-hybridized carbons (Fsp3) is 0.167. The van der Waals surface area contributed by atoms with Crippen molar-refractivity contribution in [2.75, 3.05) is 18.9 Å². The van der Waals surface area contributed by atoms with Crippen molar-refractivity contribution in [3.8, 4) is 11.5 Å². The highest BCUT2D eigenvalue weighted by atomic mass is 35.5. The molecular formula is C18H18ClNO6S. The van der Waals surface area contributed by atoms with Gasteiger partial charge in [0.25, 0.3) is 10.0 Å². The Morgan fingerprint density at radius 2 is 1.89 bits per heavy atom. The third-order valence-corrected chi connectivity index (χ3v) is 5.23. The average molecular weight is 412 g/mol. The molecule has 0 radical (unpaired) electrons. The maximum Gasteiger partial charge on any atom is 0.328 e. The number of hydrogen-bond acceptors (Lipinski definition) is 5. The molecule has 27 heavy (non-hydrogen) atoms. The van der Waals surface area contributed by atoms with Gasteiger partial charge in [-0.2, -0.15) is 0 Å². The molecule has 0 saturated heterocycles. The maximum absolute atomic E-state index is 12.9. The van der Waals surface area contributed by atoms with Crippen LogP contribution in [-0.2, 0) is 14.8 Å². The molecule has 0 spiro atoms. The van der Waals surface area contributed by atoms with Gasteiger partial charge >= 0.3 is 5.97 Å². The molecule has 0 bridgehead atoms. The van der Waals surface area contributed by atoms with Crippen LogP contribution in [0.3, 0.4) is 0 Å². The third-order valence-electron chi connectivity index (χ3n) is 3.54. The molecule has 0 aliphatic carbocycles. The lowest BCUT2D eigenvalue weighted by atomic mass is 10.2. The average Bonchev–Trinajstić information content (AvgIpc) is 2.61. The van der Waals surface area contributed by atoms with Gasteiger partial charge in [-0.25, -0.2) is 13.2 Å². The minimum Gasteiger partial charge on any atom is -0.493 e. The van der Waals surface area contributed by atoms with Crippen LogP contribution in [0.15, 0.2) is 41.3 Å². The van der Waals surface area contributed by atoms with Gasteiger partial charge in [-0.3, -0.25) is 4.72 Å². The number of methoxy groups -OCH3 is 2. The molecule has 0 atom stereocenters. The van der Waals surface area contributed by atoms with Gasteiger partial charge in [0.1, 0.15) is 4.90 Å². The highest BCUT2D eigenvalue weighted by molar-refractivity contribution is 7.92. The second kappa shape index (κ2) is 8.32. The molecule has 0 aliphatic heterocycles. The van der Waals surface area contributed by atoms with Crippen molar-refractivity contribution < 1.29 is 27.8 Å². The number of carboxylic acid groups (broad SMARTS) is 1. The van der Waals surface area contributed by atoms with E-state index in [0.29, 0.717) is 5.56 Å². The normalized spacial score (nSPS) is 11.4. The number of ether oxygens (including phenoxy) is 2. The maximum atomic E-state index is 12.9. The fourth-order valence-corrected chi connectivity index (χ4v) is 3.95. The molecule has 2 aromatic carbocycles.